The average molecular weight is 634 g/mol. The molecule has 0 spiro atoms. The molecule has 4 nitrogen and oxygen atoms in total. The highest BCUT2D eigenvalue weighted by Gasteiger charge is 2.52. The molecule has 0 aromatic heterocycles. The van der Waals surface area contributed by atoms with Gasteiger partial charge in [0.05, 0.1) is 22.4 Å². The molecule has 0 N–H and O–H groups in total. The quantitative estimate of drug-likeness (QED) is 0.175. The Morgan fingerprint density at radius 3 is 0.583 bits per heavy atom. The van der Waals surface area contributed by atoms with Crippen LogP contribution in [0.25, 0.3) is 44.5 Å². The van der Waals surface area contributed by atoms with Gasteiger partial charge in [-0.15, -0.1) is 0 Å². The lowest BCUT2D eigenvalue weighted by atomic mass is 9.78. The Labute approximate surface area is 286 Å². The van der Waals surface area contributed by atoms with Crippen LogP contribution in [-0.2, 0) is 18.6 Å². The second-order valence-electron chi connectivity index (χ2n) is 15.2. The summed E-state index contributed by atoms with van der Waals surface area (Å²) in [5.41, 5.74) is 10.2. The monoisotopic (exact) mass is 634 g/mol. The van der Waals surface area contributed by atoms with E-state index in [2.05, 4.69) is 177 Å². The molecule has 0 atom stereocenters. The summed E-state index contributed by atoms with van der Waals surface area (Å²) < 4.78 is 24.9. The van der Waals surface area contributed by atoms with Crippen LogP contribution >= 0.6 is 0 Å². The zero-order valence-corrected chi connectivity index (χ0v) is 29.3. The van der Waals surface area contributed by atoms with Crippen molar-refractivity contribution >= 4 is 25.2 Å². The molecule has 2 saturated heterocycles. The van der Waals surface area contributed by atoms with Crippen LogP contribution in [-0.4, -0.2) is 36.6 Å². The Morgan fingerprint density at radius 2 is 0.417 bits per heavy atom. The van der Waals surface area contributed by atoms with Crippen molar-refractivity contribution in [2.45, 2.75) is 77.8 Å². The summed E-state index contributed by atoms with van der Waals surface area (Å²) in [7, 11) is -0.697. The fraction of sp³-hybridized carbons (Fsp3) is 0.286. The number of rotatable bonds is 6. The van der Waals surface area contributed by atoms with E-state index in [0.29, 0.717) is 0 Å². The van der Waals surface area contributed by atoms with Crippen LogP contribution in [0.4, 0.5) is 0 Å². The van der Waals surface area contributed by atoms with Gasteiger partial charge in [0.25, 0.3) is 0 Å². The lowest BCUT2D eigenvalue weighted by Crippen LogP contribution is -2.41. The van der Waals surface area contributed by atoms with E-state index in [1.54, 1.807) is 0 Å². The highest BCUT2D eigenvalue weighted by Crippen LogP contribution is 2.38. The van der Waals surface area contributed by atoms with Crippen LogP contribution in [0.3, 0.4) is 0 Å². The van der Waals surface area contributed by atoms with Crippen molar-refractivity contribution < 1.29 is 18.6 Å². The summed E-state index contributed by atoms with van der Waals surface area (Å²) in [6.45, 7) is 16.7. The van der Waals surface area contributed by atoms with Gasteiger partial charge in [-0.1, -0.05) is 121 Å². The van der Waals surface area contributed by atoms with Gasteiger partial charge in [0.1, 0.15) is 0 Å². The first-order valence-electron chi connectivity index (χ1n) is 16.9. The molecule has 0 amide bonds. The molecule has 0 unspecified atom stereocenters. The number of benzene rings is 5. The van der Waals surface area contributed by atoms with E-state index >= 15 is 0 Å². The van der Waals surface area contributed by atoms with Gasteiger partial charge in [0.15, 0.2) is 0 Å². The average Bonchev–Trinajstić information content (AvgIpc) is 3.44. The van der Waals surface area contributed by atoms with Gasteiger partial charge in [-0.3, -0.25) is 0 Å². The maximum Gasteiger partial charge on any atom is 0.494 e. The van der Waals surface area contributed by atoms with Crippen LogP contribution in [0.15, 0.2) is 121 Å². The van der Waals surface area contributed by atoms with Crippen molar-refractivity contribution in [3.05, 3.63) is 121 Å². The number of hydrogen-bond donors (Lipinski definition) is 0. The molecular weight excluding hydrogens is 590 g/mol. The summed E-state index contributed by atoms with van der Waals surface area (Å²) in [5, 5.41) is 0. The van der Waals surface area contributed by atoms with Gasteiger partial charge >= 0.3 is 14.2 Å². The molecule has 2 aliphatic heterocycles. The Kier molecular flexibility index (Phi) is 8.08. The predicted molar refractivity (Wildman–Crippen MR) is 200 cm³/mol. The van der Waals surface area contributed by atoms with Gasteiger partial charge in [-0.25, -0.2) is 0 Å². The Bertz CT molecular complexity index is 1720. The first-order chi connectivity index (χ1) is 22.7. The molecule has 2 fully saturated rings. The van der Waals surface area contributed by atoms with Gasteiger partial charge in [0, 0.05) is 0 Å². The van der Waals surface area contributed by atoms with Crippen molar-refractivity contribution in [1.82, 2.24) is 0 Å². The zero-order chi connectivity index (χ0) is 33.9. The van der Waals surface area contributed by atoms with E-state index in [-0.39, 0.29) is 36.6 Å². The third kappa shape index (κ3) is 6.08. The minimum atomic E-state index is -0.348. The van der Waals surface area contributed by atoms with Crippen molar-refractivity contribution in [2.75, 3.05) is 0 Å². The molecule has 0 saturated carbocycles. The fourth-order valence-corrected chi connectivity index (χ4v) is 6.19. The maximum absolute atomic E-state index is 6.22. The first-order valence-corrected chi connectivity index (χ1v) is 16.9. The molecule has 0 aliphatic carbocycles. The molecular formula is C42H44B2O4. The smallest absolute Gasteiger partial charge is 0.399 e. The zero-order valence-electron chi connectivity index (χ0n) is 29.3. The molecule has 2 aliphatic rings. The molecule has 242 valence electrons. The lowest BCUT2D eigenvalue weighted by Gasteiger charge is -2.32. The van der Waals surface area contributed by atoms with E-state index in [1.165, 1.54) is 44.5 Å². The minimum Gasteiger partial charge on any atom is -0.399 e. The molecule has 0 bridgehead atoms. The van der Waals surface area contributed by atoms with E-state index in [0.717, 1.165) is 10.9 Å². The largest absolute Gasteiger partial charge is 0.494 e. The third-order valence-corrected chi connectivity index (χ3v) is 10.9. The Morgan fingerprint density at radius 1 is 0.271 bits per heavy atom. The second-order valence-corrected chi connectivity index (χ2v) is 15.2. The highest BCUT2D eigenvalue weighted by molar-refractivity contribution is 6.62. The Balaban J connectivity index is 0.989. The molecule has 6 heteroatoms. The van der Waals surface area contributed by atoms with Gasteiger partial charge in [-0.2, -0.15) is 0 Å². The van der Waals surface area contributed by atoms with Crippen LogP contribution in [0.5, 0.6) is 0 Å². The fourth-order valence-electron chi connectivity index (χ4n) is 6.19. The summed E-state index contributed by atoms with van der Waals surface area (Å²) >= 11 is 0. The van der Waals surface area contributed by atoms with Crippen LogP contribution in [0.2, 0.25) is 0 Å². The standard InChI is InChI=1S/C42H44B2O4/c1-39(2)40(3,4)46-43(45-39)37-25-21-35(22-26-37)33-17-13-31(14-18-33)29-9-11-30(12-10-29)32-15-19-34(20-16-32)36-23-27-38(28-24-36)44-47-41(5,6)42(7,8)48-44/h9-28H,1-8H3. The molecule has 2 heterocycles. The lowest BCUT2D eigenvalue weighted by molar-refractivity contribution is 0.00578. The summed E-state index contributed by atoms with van der Waals surface area (Å²) in [6, 6.07) is 43.3. The van der Waals surface area contributed by atoms with E-state index < -0.39 is 0 Å². The normalized spacial score (nSPS) is 19.1. The van der Waals surface area contributed by atoms with E-state index in [4.69, 9.17) is 18.6 Å². The molecule has 0 radical (unpaired) electrons. The third-order valence-electron chi connectivity index (χ3n) is 10.9. The maximum atomic E-state index is 6.22. The highest BCUT2D eigenvalue weighted by atomic mass is 16.7. The molecule has 48 heavy (non-hydrogen) atoms. The summed E-state index contributed by atoms with van der Waals surface area (Å²) in [6.07, 6.45) is 0. The topological polar surface area (TPSA) is 36.9 Å². The minimum absolute atomic E-state index is 0.347. The summed E-state index contributed by atoms with van der Waals surface area (Å²) in [4.78, 5) is 0. The SMILES string of the molecule is CC1(C)OB(c2ccc(-c3ccc(-c4ccc(-c5ccc(-c6ccc(B7OC(C)(C)C(C)(C)O7)cc6)cc5)cc4)cc3)cc2)OC1(C)C. The van der Waals surface area contributed by atoms with Crippen LogP contribution < -0.4 is 10.9 Å². The van der Waals surface area contributed by atoms with Gasteiger partial charge in [-0.05, 0) is 111 Å². The number of hydrogen-bond acceptors (Lipinski definition) is 4. The molecule has 5 aromatic carbocycles. The van der Waals surface area contributed by atoms with Crippen molar-refractivity contribution in [3.63, 3.8) is 0 Å². The van der Waals surface area contributed by atoms with Crippen molar-refractivity contribution in [2.24, 2.45) is 0 Å². The van der Waals surface area contributed by atoms with E-state index in [9.17, 15) is 0 Å². The van der Waals surface area contributed by atoms with Gasteiger partial charge in [0.2, 0.25) is 0 Å². The van der Waals surface area contributed by atoms with Gasteiger partial charge < -0.3 is 18.6 Å². The summed E-state index contributed by atoms with van der Waals surface area (Å²) in [5.74, 6) is 0. The van der Waals surface area contributed by atoms with Crippen LogP contribution in [0, 0.1) is 0 Å². The molecule has 5 aromatic rings. The predicted octanol–water partition coefficient (Wildman–Crippen LogP) is 8.95. The second kappa shape index (κ2) is 11.9. The Hall–Kier alpha value is -3.93. The first kappa shape index (κ1) is 32.6. The van der Waals surface area contributed by atoms with Crippen molar-refractivity contribution in [3.8, 4) is 44.5 Å². The van der Waals surface area contributed by atoms with Crippen LogP contribution in [0.1, 0.15) is 55.4 Å². The molecule has 7 rings (SSSR count). The van der Waals surface area contributed by atoms with E-state index in [1.807, 2.05) is 0 Å². The van der Waals surface area contributed by atoms with Crippen molar-refractivity contribution in [1.29, 1.82) is 0 Å².